The van der Waals surface area contributed by atoms with E-state index in [9.17, 15) is 14.0 Å². The lowest BCUT2D eigenvalue weighted by molar-refractivity contribution is -0.118. The van der Waals surface area contributed by atoms with E-state index in [1.165, 1.54) is 12.1 Å². The number of anilines is 1. The van der Waals surface area contributed by atoms with Crippen LogP contribution in [0.1, 0.15) is 32.8 Å². The van der Waals surface area contributed by atoms with E-state index in [0.29, 0.717) is 0 Å². The zero-order valence-corrected chi connectivity index (χ0v) is 13.7. The van der Waals surface area contributed by atoms with E-state index < -0.39 is 29.5 Å². The van der Waals surface area contributed by atoms with Crippen molar-refractivity contribution in [2.45, 2.75) is 45.8 Å². The van der Waals surface area contributed by atoms with Crippen LogP contribution < -0.4 is 10.6 Å². The molecule has 0 heterocycles. The van der Waals surface area contributed by atoms with E-state index in [-0.39, 0.29) is 12.1 Å². The summed E-state index contributed by atoms with van der Waals surface area (Å²) in [6.45, 7) is 6.87. The lowest BCUT2D eigenvalue weighted by Gasteiger charge is -2.22. The highest BCUT2D eigenvalue weighted by atomic mass is 19.1. The molecule has 0 aliphatic carbocycles. The average molecular weight is 320 g/mol. The molecule has 0 saturated heterocycles. The van der Waals surface area contributed by atoms with Gasteiger partial charge in [-0.15, -0.1) is 12.3 Å². The Bertz CT molecular complexity index is 630. The van der Waals surface area contributed by atoms with Crippen molar-refractivity contribution in [2.24, 2.45) is 0 Å². The molecule has 23 heavy (non-hydrogen) atoms. The molecule has 5 nitrogen and oxygen atoms in total. The van der Waals surface area contributed by atoms with Gasteiger partial charge in [-0.05, 0) is 45.4 Å². The number of nitrogens with one attached hydrogen (secondary N) is 2. The summed E-state index contributed by atoms with van der Waals surface area (Å²) < 4.78 is 18.8. The Morgan fingerprint density at radius 2 is 2.04 bits per heavy atom. The van der Waals surface area contributed by atoms with Crippen LogP contribution in [0.5, 0.6) is 0 Å². The maximum Gasteiger partial charge on any atom is 0.408 e. The molecule has 0 aliphatic heterocycles. The van der Waals surface area contributed by atoms with Gasteiger partial charge in [-0.25, -0.2) is 9.18 Å². The molecule has 6 heteroatoms. The van der Waals surface area contributed by atoms with Crippen LogP contribution in [-0.2, 0) is 9.53 Å². The molecule has 2 N–H and O–H groups in total. The molecule has 0 unspecified atom stereocenters. The van der Waals surface area contributed by atoms with E-state index in [0.717, 1.165) is 5.56 Å². The molecule has 2 amide bonds. The predicted molar refractivity (Wildman–Crippen MR) is 86.4 cm³/mol. The zero-order chi connectivity index (χ0) is 17.6. The molecule has 1 aromatic carbocycles. The number of carbonyl (C=O) groups is 2. The maximum atomic E-state index is 13.7. The highest BCUT2D eigenvalue weighted by Crippen LogP contribution is 2.16. The maximum absolute atomic E-state index is 13.7. The standard InChI is InChI=1S/C17H21FN2O3/c1-6-7-13(20-16(22)23-17(3,4)5)15(21)19-14-10-11(2)8-9-12(14)18/h1,8-10,13H,7H2,2-5H3,(H,19,21)(H,20,22)/t13-/m1/s1. The van der Waals surface area contributed by atoms with Crippen LogP contribution in [0.3, 0.4) is 0 Å². The van der Waals surface area contributed by atoms with Crippen molar-refractivity contribution in [3.8, 4) is 12.3 Å². The van der Waals surface area contributed by atoms with Crippen LogP contribution in [-0.4, -0.2) is 23.6 Å². The van der Waals surface area contributed by atoms with Gasteiger partial charge in [0, 0.05) is 6.42 Å². The van der Waals surface area contributed by atoms with E-state index in [2.05, 4.69) is 16.6 Å². The quantitative estimate of drug-likeness (QED) is 0.838. The fourth-order valence-corrected chi connectivity index (χ4v) is 1.73. The van der Waals surface area contributed by atoms with Crippen LogP contribution in [0.4, 0.5) is 14.9 Å². The minimum Gasteiger partial charge on any atom is -0.444 e. The number of halogens is 1. The van der Waals surface area contributed by atoms with Crippen LogP contribution in [0.25, 0.3) is 0 Å². The van der Waals surface area contributed by atoms with Crippen molar-refractivity contribution >= 4 is 17.7 Å². The van der Waals surface area contributed by atoms with Gasteiger partial charge in [0.05, 0.1) is 5.69 Å². The molecule has 1 atom stereocenters. The Kier molecular flexibility index (Phi) is 6.14. The minimum absolute atomic E-state index is 0.0306. The van der Waals surface area contributed by atoms with Gasteiger partial charge in [0.15, 0.2) is 0 Å². The first-order valence-corrected chi connectivity index (χ1v) is 7.12. The summed E-state index contributed by atoms with van der Waals surface area (Å²) in [6.07, 6.45) is 4.41. The third-order valence-corrected chi connectivity index (χ3v) is 2.71. The normalized spacial score (nSPS) is 12.0. The average Bonchev–Trinajstić information content (AvgIpc) is 2.40. The Morgan fingerprint density at radius 1 is 1.39 bits per heavy atom. The van der Waals surface area contributed by atoms with Crippen molar-refractivity contribution in [2.75, 3.05) is 5.32 Å². The molecule has 0 fully saturated rings. The molecule has 124 valence electrons. The van der Waals surface area contributed by atoms with Gasteiger partial charge in [-0.3, -0.25) is 4.79 Å². The number of alkyl carbamates (subject to hydrolysis) is 1. The lowest BCUT2D eigenvalue weighted by Crippen LogP contribution is -2.45. The molecule has 0 radical (unpaired) electrons. The summed E-state index contributed by atoms with van der Waals surface area (Å²) in [5.41, 5.74) is 0.113. The molecule has 1 aromatic rings. The van der Waals surface area contributed by atoms with Crippen LogP contribution in [0.2, 0.25) is 0 Å². The Balaban J connectivity index is 2.80. The Hall–Kier alpha value is -2.55. The molecule has 0 spiro atoms. The first-order valence-electron chi connectivity index (χ1n) is 7.12. The second-order valence-electron chi connectivity index (χ2n) is 6.08. The van der Waals surface area contributed by atoms with Crippen LogP contribution in [0, 0.1) is 25.1 Å². The number of hydrogen-bond donors (Lipinski definition) is 2. The van der Waals surface area contributed by atoms with Crippen LogP contribution in [0.15, 0.2) is 18.2 Å². The van der Waals surface area contributed by atoms with Crippen molar-refractivity contribution in [3.63, 3.8) is 0 Å². The topological polar surface area (TPSA) is 67.4 Å². The van der Waals surface area contributed by atoms with Crippen molar-refractivity contribution in [3.05, 3.63) is 29.6 Å². The number of aryl methyl sites for hydroxylation is 1. The predicted octanol–water partition coefficient (Wildman–Crippen LogP) is 2.99. The number of amides is 2. The summed E-state index contributed by atoms with van der Waals surface area (Å²) >= 11 is 0. The van der Waals surface area contributed by atoms with Gasteiger partial charge in [-0.2, -0.15) is 0 Å². The number of ether oxygens (including phenoxy) is 1. The number of rotatable bonds is 4. The summed E-state index contributed by atoms with van der Waals surface area (Å²) in [5.74, 6) is 1.12. The van der Waals surface area contributed by atoms with Crippen molar-refractivity contribution in [1.29, 1.82) is 0 Å². The van der Waals surface area contributed by atoms with Gasteiger partial charge in [0.2, 0.25) is 5.91 Å². The SMILES string of the molecule is C#CC[C@@H](NC(=O)OC(C)(C)C)C(=O)Nc1cc(C)ccc1F. The number of hydrogen-bond acceptors (Lipinski definition) is 3. The van der Waals surface area contributed by atoms with Crippen molar-refractivity contribution < 1.29 is 18.7 Å². The largest absolute Gasteiger partial charge is 0.444 e. The third-order valence-electron chi connectivity index (χ3n) is 2.71. The van der Waals surface area contributed by atoms with E-state index in [4.69, 9.17) is 11.2 Å². The molecule has 1 rings (SSSR count). The highest BCUT2D eigenvalue weighted by molar-refractivity contribution is 5.96. The van der Waals surface area contributed by atoms with Gasteiger partial charge in [0.25, 0.3) is 0 Å². The number of carbonyl (C=O) groups excluding carboxylic acids is 2. The Labute approximate surface area is 135 Å². The van der Waals surface area contributed by atoms with Gasteiger partial charge >= 0.3 is 6.09 Å². The highest BCUT2D eigenvalue weighted by Gasteiger charge is 2.24. The van der Waals surface area contributed by atoms with Crippen LogP contribution >= 0.6 is 0 Å². The molecule has 0 bridgehead atoms. The number of benzene rings is 1. The monoisotopic (exact) mass is 320 g/mol. The Morgan fingerprint density at radius 3 is 2.61 bits per heavy atom. The van der Waals surface area contributed by atoms with E-state index >= 15 is 0 Å². The van der Waals surface area contributed by atoms with E-state index in [1.54, 1.807) is 33.8 Å². The first-order chi connectivity index (χ1) is 10.6. The summed E-state index contributed by atoms with van der Waals surface area (Å²) in [7, 11) is 0. The van der Waals surface area contributed by atoms with E-state index in [1.807, 2.05) is 0 Å². The van der Waals surface area contributed by atoms with Crippen molar-refractivity contribution in [1.82, 2.24) is 5.32 Å². The molecular weight excluding hydrogens is 299 g/mol. The lowest BCUT2D eigenvalue weighted by atomic mass is 10.1. The third kappa shape index (κ3) is 6.39. The fraction of sp³-hybridized carbons (Fsp3) is 0.412. The number of terminal acetylenes is 1. The molecule has 0 saturated carbocycles. The second-order valence-corrected chi connectivity index (χ2v) is 6.08. The molecular formula is C17H21FN2O3. The molecule has 0 aromatic heterocycles. The summed E-state index contributed by atoms with van der Waals surface area (Å²) in [5, 5.41) is 4.81. The zero-order valence-electron chi connectivity index (χ0n) is 13.7. The summed E-state index contributed by atoms with van der Waals surface area (Å²) in [6, 6.07) is 3.31. The first kappa shape index (κ1) is 18.5. The van der Waals surface area contributed by atoms with Gasteiger partial charge in [0.1, 0.15) is 17.5 Å². The summed E-state index contributed by atoms with van der Waals surface area (Å²) in [4.78, 5) is 24.0. The van der Waals surface area contributed by atoms with Gasteiger partial charge in [-0.1, -0.05) is 6.07 Å². The molecule has 0 aliphatic rings. The van der Waals surface area contributed by atoms with Gasteiger partial charge < -0.3 is 15.4 Å². The minimum atomic E-state index is -1.02. The second kappa shape index (κ2) is 7.63. The smallest absolute Gasteiger partial charge is 0.408 e. The fourth-order valence-electron chi connectivity index (χ4n) is 1.73.